The van der Waals surface area contributed by atoms with E-state index >= 15 is 0 Å². The largest absolute Gasteiger partial charge is 0.398 e. The highest BCUT2D eigenvalue weighted by molar-refractivity contribution is 7.85. The Kier molecular flexibility index (Phi) is 4.90. The second-order valence-corrected chi connectivity index (χ2v) is 6.04. The minimum atomic E-state index is -1.34. The molecule has 1 aromatic rings. The van der Waals surface area contributed by atoms with Gasteiger partial charge in [0.2, 0.25) is 0 Å². The quantitative estimate of drug-likeness (QED) is 0.846. The summed E-state index contributed by atoms with van der Waals surface area (Å²) in [4.78, 5) is 2.61. The maximum absolute atomic E-state index is 13.2. The number of hydrogen-bond donors (Lipinski definition) is 1. The third-order valence-electron chi connectivity index (χ3n) is 3.23. The van der Waals surface area contributed by atoms with Crippen LogP contribution in [0.4, 0.5) is 10.1 Å². The molecule has 0 amide bonds. The average molecular weight is 286 g/mol. The lowest BCUT2D eigenvalue weighted by atomic mass is 10.3. The van der Waals surface area contributed by atoms with Crippen molar-refractivity contribution < 1.29 is 13.3 Å². The van der Waals surface area contributed by atoms with E-state index in [0.29, 0.717) is 22.9 Å². The summed E-state index contributed by atoms with van der Waals surface area (Å²) in [5, 5.41) is 0. The molecule has 1 fully saturated rings. The van der Waals surface area contributed by atoms with Gasteiger partial charge in [-0.15, -0.1) is 0 Å². The molecule has 6 heteroatoms. The first-order valence-corrected chi connectivity index (χ1v) is 7.69. The molecule has 0 bridgehead atoms. The summed E-state index contributed by atoms with van der Waals surface area (Å²) < 4.78 is 31.0. The SMILES string of the molecule is CCN1CCOC(CS(=O)c2cc(F)ccc2N)C1. The van der Waals surface area contributed by atoms with Crippen LogP contribution in [0.2, 0.25) is 0 Å². The minimum Gasteiger partial charge on any atom is -0.398 e. The lowest BCUT2D eigenvalue weighted by molar-refractivity contribution is -0.0141. The molecule has 1 aliphatic rings. The van der Waals surface area contributed by atoms with E-state index in [-0.39, 0.29) is 6.10 Å². The molecule has 1 heterocycles. The van der Waals surface area contributed by atoms with Crippen molar-refractivity contribution in [1.29, 1.82) is 0 Å². The number of hydrogen-bond acceptors (Lipinski definition) is 4. The van der Waals surface area contributed by atoms with E-state index < -0.39 is 16.6 Å². The van der Waals surface area contributed by atoms with Gasteiger partial charge in [0.25, 0.3) is 0 Å². The van der Waals surface area contributed by atoms with E-state index in [1.807, 2.05) is 0 Å². The molecule has 2 N–H and O–H groups in total. The van der Waals surface area contributed by atoms with Crippen molar-refractivity contribution in [2.24, 2.45) is 0 Å². The van der Waals surface area contributed by atoms with Crippen molar-refractivity contribution in [3.8, 4) is 0 Å². The molecule has 19 heavy (non-hydrogen) atoms. The average Bonchev–Trinajstić information content (AvgIpc) is 2.41. The van der Waals surface area contributed by atoms with Gasteiger partial charge in [-0.2, -0.15) is 0 Å². The van der Waals surface area contributed by atoms with Crippen LogP contribution in [0.5, 0.6) is 0 Å². The summed E-state index contributed by atoms with van der Waals surface area (Å²) in [7, 11) is -1.34. The van der Waals surface area contributed by atoms with Crippen molar-refractivity contribution >= 4 is 16.5 Å². The number of morpholine rings is 1. The fraction of sp³-hybridized carbons (Fsp3) is 0.538. The predicted octanol–water partition coefficient (Wildman–Crippen LogP) is 1.24. The van der Waals surface area contributed by atoms with Gasteiger partial charge in [0.15, 0.2) is 0 Å². The van der Waals surface area contributed by atoms with E-state index in [4.69, 9.17) is 10.5 Å². The minimum absolute atomic E-state index is 0.0859. The van der Waals surface area contributed by atoms with Gasteiger partial charge in [-0.25, -0.2) is 4.39 Å². The van der Waals surface area contributed by atoms with Gasteiger partial charge in [-0.05, 0) is 24.7 Å². The highest BCUT2D eigenvalue weighted by Gasteiger charge is 2.22. The van der Waals surface area contributed by atoms with Crippen molar-refractivity contribution in [1.82, 2.24) is 4.90 Å². The van der Waals surface area contributed by atoms with E-state index in [2.05, 4.69) is 11.8 Å². The van der Waals surface area contributed by atoms with Crippen molar-refractivity contribution in [3.63, 3.8) is 0 Å². The summed E-state index contributed by atoms with van der Waals surface area (Å²) in [6.45, 7) is 5.35. The number of nitrogens with two attached hydrogens (primary N) is 1. The fourth-order valence-corrected chi connectivity index (χ4v) is 3.43. The van der Waals surface area contributed by atoms with Gasteiger partial charge in [0.1, 0.15) is 5.82 Å². The van der Waals surface area contributed by atoms with Gasteiger partial charge in [0.05, 0.1) is 34.2 Å². The highest BCUT2D eigenvalue weighted by Crippen LogP contribution is 2.19. The highest BCUT2D eigenvalue weighted by atomic mass is 32.2. The van der Waals surface area contributed by atoms with Crippen LogP contribution in [0.15, 0.2) is 23.1 Å². The topological polar surface area (TPSA) is 55.6 Å². The summed E-state index contributed by atoms with van der Waals surface area (Å²) in [6, 6.07) is 3.96. The molecule has 1 saturated heterocycles. The third-order valence-corrected chi connectivity index (χ3v) is 4.75. The number of nitrogen functional groups attached to an aromatic ring is 1. The normalized spacial score (nSPS) is 22.3. The molecule has 0 aliphatic carbocycles. The summed E-state index contributed by atoms with van der Waals surface area (Å²) in [5.74, 6) is -0.0678. The van der Waals surface area contributed by atoms with Crippen LogP contribution < -0.4 is 5.73 Å². The number of ether oxygens (including phenoxy) is 1. The van der Waals surface area contributed by atoms with Crippen molar-refractivity contribution in [2.45, 2.75) is 17.9 Å². The Morgan fingerprint density at radius 1 is 1.58 bits per heavy atom. The first-order chi connectivity index (χ1) is 9.10. The first kappa shape index (κ1) is 14.4. The van der Waals surface area contributed by atoms with Crippen LogP contribution in [0.1, 0.15) is 6.92 Å². The Balaban J connectivity index is 2.02. The number of rotatable bonds is 4. The Labute approximate surface area is 115 Å². The van der Waals surface area contributed by atoms with E-state index in [1.54, 1.807) is 0 Å². The third kappa shape index (κ3) is 3.75. The van der Waals surface area contributed by atoms with Gasteiger partial charge < -0.3 is 10.5 Å². The van der Waals surface area contributed by atoms with Crippen LogP contribution in [0.3, 0.4) is 0 Å². The molecule has 0 aromatic heterocycles. The molecular weight excluding hydrogens is 267 g/mol. The molecule has 0 saturated carbocycles. The van der Waals surface area contributed by atoms with Crippen molar-refractivity contribution in [3.05, 3.63) is 24.0 Å². The molecule has 4 nitrogen and oxygen atoms in total. The standard InChI is InChI=1S/C13H19FN2O2S/c1-2-16-5-6-18-11(8-16)9-19(17)13-7-10(14)3-4-12(13)15/h3-4,7,11H,2,5-6,8-9,15H2,1H3. The Bertz CT molecular complexity index is 470. The molecule has 1 aliphatic heterocycles. The Morgan fingerprint density at radius 2 is 2.37 bits per heavy atom. The van der Waals surface area contributed by atoms with Crippen LogP contribution in [0.25, 0.3) is 0 Å². The number of benzene rings is 1. The first-order valence-electron chi connectivity index (χ1n) is 6.37. The van der Waals surface area contributed by atoms with Gasteiger partial charge >= 0.3 is 0 Å². The summed E-state index contributed by atoms with van der Waals surface area (Å²) >= 11 is 0. The van der Waals surface area contributed by atoms with E-state index in [9.17, 15) is 8.60 Å². The van der Waals surface area contributed by atoms with Crippen LogP contribution in [-0.2, 0) is 15.5 Å². The molecule has 0 spiro atoms. The number of nitrogens with zero attached hydrogens (tertiary/aromatic N) is 1. The Morgan fingerprint density at radius 3 is 3.11 bits per heavy atom. The number of halogens is 1. The monoisotopic (exact) mass is 286 g/mol. The maximum Gasteiger partial charge on any atom is 0.124 e. The molecule has 0 radical (unpaired) electrons. The second-order valence-electron chi connectivity index (χ2n) is 4.58. The zero-order chi connectivity index (χ0) is 13.8. The van der Waals surface area contributed by atoms with E-state index in [0.717, 1.165) is 19.6 Å². The molecule has 2 unspecified atom stereocenters. The van der Waals surface area contributed by atoms with Crippen LogP contribution >= 0.6 is 0 Å². The van der Waals surface area contributed by atoms with Crippen molar-refractivity contribution in [2.75, 3.05) is 37.7 Å². The zero-order valence-electron chi connectivity index (χ0n) is 11.0. The van der Waals surface area contributed by atoms with Gasteiger partial charge in [-0.1, -0.05) is 6.92 Å². The maximum atomic E-state index is 13.2. The van der Waals surface area contributed by atoms with E-state index in [1.165, 1.54) is 18.2 Å². The molecule has 2 rings (SSSR count). The fourth-order valence-electron chi connectivity index (χ4n) is 2.13. The second kappa shape index (κ2) is 6.45. The number of anilines is 1. The number of likely N-dealkylation sites (N-methyl/N-ethyl adjacent to an activating group) is 1. The smallest absolute Gasteiger partial charge is 0.124 e. The Hall–Kier alpha value is -0.980. The zero-order valence-corrected chi connectivity index (χ0v) is 11.8. The van der Waals surface area contributed by atoms with Gasteiger partial charge in [0, 0.05) is 18.8 Å². The summed E-state index contributed by atoms with van der Waals surface area (Å²) in [5.41, 5.74) is 6.10. The lowest BCUT2D eigenvalue weighted by Crippen LogP contribution is -2.44. The summed E-state index contributed by atoms with van der Waals surface area (Å²) in [6.07, 6.45) is -0.0859. The van der Waals surface area contributed by atoms with Crippen LogP contribution in [0, 0.1) is 5.82 Å². The molecule has 1 aromatic carbocycles. The lowest BCUT2D eigenvalue weighted by Gasteiger charge is -2.31. The molecule has 2 atom stereocenters. The molecular formula is C13H19FN2O2S. The van der Waals surface area contributed by atoms with Crippen LogP contribution in [-0.4, -0.2) is 47.2 Å². The predicted molar refractivity (Wildman–Crippen MR) is 73.9 cm³/mol. The van der Waals surface area contributed by atoms with Gasteiger partial charge in [-0.3, -0.25) is 9.11 Å². The molecule has 106 valence electrons.